The summed E-state index contributed by atoms with van der Waals surface area (Å²) in [7, 11) is 0. The first-order valence-electron chi connectivity index (χ1n) is 20.0. The number of hydrogen-bond acceptors (Lipinski definition) is 6. The van der Waals surface area contributed by atoms with E-state index in [0.717, 1.165) is 33.0 Å². The molecule has 4 aromatic carbocycles. The second-order valence-corrected chi connectivity index (χ2v) is 17.2. The highest BCUT2D eigenvalue weighted by Gasteiger charge is 2.43. The lowest BCUT2D eigenvalue weighted by Crippen LogP contribution is -2.66. The molecule has 306 valence electrons. The zero-order chi connectivity index (χ0) is 41.6. The number of piperidine rings is 1. The number of amides is 5. The summed E-state index contributed by atoms with van der Waals surface area (Å²) < 4.78 is 5.47. The number of carbonyl (C=O) groups is 5. The summed E-state index contributed by atoms with van der Waals surface area (Å²) in [5.41, 5.74) is 2.07. The number of nitrogens with one attached hydrogen (secondary N) is 2. The Balaban J connectivity index is 1.28. The van der Waals surface area contributed by atoms with Crippen molar-refractivity contribution in [3.63, 3.8) is 0 Å². The molecule has 2 aliphatic heterocycles. The predicted molar refractivity (Wildman–Crippen MR) is 223 cm³/mol. The Bertz CT molecular complexity index is 2110. The van der Waals surface area contributed by atoms with E-state index in [1.165, 1.54) is 4.90 Å². The van der Waals surface area contributed by atoms with Crippen molar-refractivity contribution < 1.29 is 33.8 Å². The van der Waals surface area contributed by atoms with Crippen molar-refractivity contribution in [1.82, 2.24) is 25.3 Å². The highest BCUT2D eigenvalue weighted by atomic mass is 16.6. The monoisotopic (exact) mass is 789 g/mol. The number of benzene rings is 4. The van der Waals surface area contributed by atoms with E-state index in [-0.39, 0.29) is 49.7 Å². The lowest BCUT2D eigenvalue weighted by atomic mass is 9.94. The minimum absolute atomic E-state index is 0.0385. The topological polar surface area (TPSA) is 149 Å². The van der Waals surface area contributed by atoms with E-state index < -0.39 is 35.4 Å². The first-order valence-corrected chi connectivity index (χ1v) is 20.0. The van der Waals surface area contributed by atoms with Gasteiger partial charge < -0.3 is 35.2 Å². The highest BCUT2D eigenvalue weighted by Crippen LogP contribution is 2.26. The molecule has 2 heterocycles. The molecule has 0 radical (unpaired) electrons. The molecule has 2 saturated heterocycles. The van der Waals surface area contributed by atoms with E-state index in [9.17, 15) is 29.1 Å². The summed E-state index contributed by atoms with van der Waals surface area (Å²) in [6, 6.07) is 30.1. The van der Waals surface area contributed by atoms with Crippen LogP contribution in [-0.4, -0.2) is 99.1 Å². The maximum Gasteiger partial charge on any atom is 0.408 e. The number of nitrogens with zero attached hydrogens (tertiary/aromatic N) is 3. The van der Waals surface area contributed by atoms with E-state index >= 15 is 0 Å². The normalized spacial score (nSPS) is 17.8. The Labute approximate surface area is 340 Å². The molecule has 2 fully saturated rings. The standard InChI is InChI=1S/C46H55N5O7/c1-45(2,3)58-43(55)48-46(4,5)27-40(52)50(28-32-21-23-49(24-22-32)44(56)57)30-39-41(53)47-38(26-33-17-20-35-13-9-10-14-37(35)25-33)42(54)51(39)29-31-15-18-36(19-16-31)34-11-7-6-8-12-34/h6-20,25,32,38-39H,21-24,26-30H2,1-5H3,(H,47,53)(H,48,55)(H,56,57). The fourth-order valence-corrected chi connectivity index (χ4v) is 7.78. The number of rotatable bonds is 12. The van der Waals surface area contributed by atoms with Gasteiger partial charge in [0.1, 0.15) is 17.7 Å². The average Bonchev–Trinajstić information content (AvgIpc) is 3.17. The largest absolute Gasteiger partial charge is 0.465 e. The van der Waals surface area contributed by atoms with Crippen LogP contribution >= 0.6 is 0 Å². The van der Waals surface area contributed by atoms with Gasteiger partial charge >= 0.3 is 12.2 Å². The van der Waals surface area contributed by atoms with Crippen LogP contribution in [0.15, 0.2) is 97.1 Å². The van der Waals surface area contributed by atoms with E-state index in [0.29, 0.717) is 32.4 Å². The molecule has 0 aromatic heterocycles. The van der Waals surface area contributed by atoms with Crippen molar-refractivity contribution in [2.75, 3.05) is 26.2 Å². The van der Waals surface area contributed by atoms with Crippen molar-refractivity contribution >= 4 is 40.7 Å². The molecule has 0 spiro atoms. The van der Waals surface area contributed by atoms with Gasteiger partial charge in [-0.1, -0.05) is 97.1 Å². The van der Waals surface area contributed by atoms with Crippen LogP contribution < -0.4 is 10.6 Å². The number of carbonyl (C=O) groups excluding carboxylic acids is 4. The Kier molecular flexibility index (Phi) is 12.7. The Morgan fingerprint density at radius 3 is 2.09 bits per heavy atom. The third kappa shape index (κ3) is 10.9. The van der Waals surface area contributed by atoms with Crippen molar-refractivity contribution in [2.45, 2.75) is 90.1 Å². The maximum atomic E-state index is 14.6. The van der Waals surface area contributed by atoms with E-state index in [4.69, 9.17) is 4.74 Å². The van der Waals surface area contributed by atoms with Gasteiger partial charge in [-0.3, -0.25) is 14.4 Å². The number of alkyl carbamates (subject to hydrolysis) is 1. The van der Waals surface area contributed by atoms with Crippen LogP contribution in [0.2, 0.25) is 0 Å². The van der Waals surface area contributed by atoms with Crippen molar-refractivity contribution in [1.29, 1.82) is 0 Å². The van der Waals surface area contributed by atoms with Gasteiger partial charge in [-0.25, -0.2) is 9.59 Å². The van der Waals surface area contributed by atoms with Crippen LogP contribution in [0, 0.1) is 5.92 Å². The van der Waals surface area contributed by atoms with E-state index in [1.807, 2.05) is 97.1 Å². The van der Waals surface area contributed by atoms with Gasteiger partial charge in [-0.15, -0.1) is 0 Å². The third-order valence-corrected chi connectivity index (χ3v) is 10.8. The molecule has 0 aliphatic carbocycles. The van der Waals surface area contributed by atoms with E-state index in [2.05, 4.69) is 10.6 Å². The molecule has 6 rings (SSSR count). The predicted octanol–water partition coefficient (Wildman–Crippen LogP) is 6.86. The van der Waals surface area contributed by atoms with Crippen molar-refractivity contribution in [3.8, 4) is 11.1 Å². The van der Waals surface area contributed by atoms with Crippen LogP contribution in [0.5, 0.6) is 0 Å². The van der Waals surface area contributed by atoms with Gasteiger partial charge in [0.2, 0.25) is 17.7 Å². The second-order valence-electron chi connectivity index (χ2n) is 17.2. The van der Waals surface area contributed by atoms with Crippen LogP contribution in [0.25, 0.3) is 21.9 Å². The third-order valence-electron chi connectivity index (χ3n) is 10.8. The van der Waals surface area contributed by atoms with Gasteiger partial charge in [0.25, 0.3) is 0 Å². The first kappa shape index (κ1) is 41.7. The van der Waals surface area contributed by atoms with Crippen LogP contribution in [-0.2, 0) is 32.1 Å². The molecule has 12 nitrogen and oxygen atoms in total. The lowest BCUT2D eigenvalue weighted by molar-refractivity contribution is -0.152. The molecular weight excluding hydrogens is 735 g/mol. The molecule has 12 heteroatoms. The molecule has 2 aliphatic rings. The van der Waals surface area contributed by atoms with Gasteiger partial charge in [0.05, 0.1) is 6.54 Å². The summed E-state index contributed by atoms with van der Waals surface area (Å²) in [6.45, 7) is 9.73. The quantitative estimate of drug-likeness (QED) is 0.142. The Morgan fingerprint density at radius 1 is 0.810 bits per heavy atom. The van der Waals surface area contributed by atoms with Gasteiger partial charge in [0, 0.05) is 44.6 Å². The maximum absolute atomic E-state index is 14.6. The average molecular weight is 790 g/mol. The molecule has 0 saturated carbocycles. The van der Waals surface area contributed by atoms with Gasteiger partial charge in [-0.05, 0) is 86.4 Å². The molecule has 2 unspecified atom stereocenters. The van der Waals surface area contributed by atoms with Crippen LogP contribution in [0.4, 0.5) is 9.59 Å². The molecule has 0 bridgehead atoms. The van der Waals surface area contributed by atoms with Gasteiger partial charge in [0.15, 0.2) is 0 Å². The molecule has 58 heavy (non-hydrogen) atoms. The number of likely N-dealkylation sites (tertiary alicyclic amines) is 1. The Morgan fingerprint density at radius 2 is 1.43 bits per heavy atom. The van der Waals surface area contributed by atoms with Crippen LogP contribution in [0.3, 0.4) is 0 Å². The second kappa shape index (κ2) is 17.7. The lowest BCUT2D eigenvalue weighted by Gasteiger charge is -2.42. The summed E-state index contributed by atoms with van der Waals surface area (Å²) in [5.74, 6) is -0.967. The summed E-state index contributed by atoms with van der Waals surface area (Å²) in [5, 5.41) is 17.5. The summed E-state index contributed by atoms with van der Waals surface area (Å²) >= 11 is 0. The fraction of sp³-hybridized carbons (Fsp3) is 0.413. The summed E-state index contributed by atoms with van der Waals surface area (Å²) in [4.78, 5) is 72.4. The molecule has 3 N–H and O–H groups in total. The number of carboxylic acid groups (broad SMARTS) is 1. The number of fused-ring (bicyclic) bond motifs is 1. The molecular formula is C46H55N5O7. The summed E-state index contributed by atoms with van der Waals surface area (Å²) in [6.07, 6.45) is -0.371. The zero-order valence-corrected chi connectivity index (χ0v) is 34.1. The highest BCUT2D eigenvalue weighted by molar-refractivity contribution is 5.98. The number of hydrogen-bond donors (Lipinski definition) is 3. The molecule has 2 atom stereocenters. The number of piperazine rings is 1. The van der Waals surface area contributed by atoms with Crippen LogP contribution in [0.1, 0.15) is 65.0 Å². The van der Waals surface area contributed by atoms with Gasteiger partial charge in [-0.2, -0.15) is 0 Å². The minimum atomic E-state index is -1.01. The van der Waals surface area contributed by atoms with Crippen molar-refractivity contribution in [3.05, 3.63) is 108 Å². The Hall–Kier alpha value is -5.91. The molecule has 5 amide bonds. The van der Waals surface area contributed by atoms with Crippen molar-refractivity contribution in [2.24, 2.45) is 5.92 Å². The smallest absolute Gasteiger partial charge is 0.408 e. The minimum Gasteiger partial charge on any atom is -0.465 e. The molecule has 4 aromatic rings. The first-order chi connectivity index (χ1) is 27.5. The SMILES string of the molecule is CC(C)(CC(=O)N(CC1CCN(C(=O)O)CC1)CC1C(=O)NC(Cc2ccc3ccccc3c2)C(=O)N1Cc1ccc(-c2ccccc2)cc1)NC(=O)OC(C)(C)C. The van der Waals surface area contributed by atoms with E-state index in [1.54, 1.807) is 44.4 Å². The fourth-order valence-electron chi connectivity index (χ4n) is 7.78. The zero-order valence-electron chi connectivity index (χ0n) is 34.1. The number of ether oxygens (including phenoxy) is 1.